The van der Waals surface area contributed by atoms with Crippen LogP contribution in [0.4, 0.5) is 0 Å². The second-order valence-corrected chi connectivity index (χ2v) is 9.66. The number of rotatable bonds is 13. The predicted octanol–water partition coefficient (Wildman–Crippen LogP) is 1.30. The van der Waals surface area contributed by atoms with Crippen molar-refractivity contribution >= 4 is 34.6 Å². The van der Waals surface area contributed by atoms with E-state index in [0.29, 0.717) is 12.8 Å². The maximum Gasteiger partial charge on any atom is 0.322 e. The van der Waals surface area contributed by atoms with Crippen molar-refractivity contribution in [3.63, 3.8) is 0 Å². The first kappa shape index (κ1) is 27.8. The molecule has 0 aliphatic carbocycles. The number of carboxylic acids is 1. The summed E-state index contributed by atoms with van der Waals surface area (Å²) in [6.07, 6.45) is 2.72. The van der Waals surface area contributed by atoms with Gasteiger partial charge in [0.05, 0.1) is 6.04 Å². The van der Waals surface area contributed by atoms with Crippen molar-refractivity contribution in [2.45, 2.75) is 65.1 Å². The third-order valence-electron chi connectivity index (χ3n) is 5.55. The van der Waals surface area contributed by atoms with E-state index in [1.165, 1.54) is 0 Å². The molecule has 2 rings (SSSR count). The summed E-state index contributed by atoms with van der Waals surface area (Å²) in [5, 5.41) is 17.6. The molecular weight excluding hydrogens is 450 g/mol. The Labute approximate surface area is 205 Å². The standard InChI is InChI=1S/C25H37N5O5/c1-14(2)9-18(26)23(33)29-20(10-15(3)4)25(35)30-21(24(34)28-13-22(31)32)11-16-12-27-19-8-6-5-7-17(16)19/h5-8,12,14-15,18,20-21,27H,9-11,13,26H2,1-4H3,(H,28,34)(H,29,33)(H,30,35)(H,31,32). The number of benzene rings is 1. The van der Waals surface area contributed by atoms with E-state index < -0.39 is 48.4 Å². The lowest BCUT2D eigenvalue weighted by atomic mass is 9.99. The van der Waals surface area contributed by atoms with E-state index in [1.807, 2.05) is 52.0 Å². The second-order valence-electron chi connectivity index (χ2n) is 9.66. The van der Waals surface area contributed by atoms with Gasteiger partial charge in [0.15, 0.2) is 0 Å². The van der Waals surface area contributed by atoms with Gasteiger partial charge in [0, 0.05) is 23.5 Å². The van der Waals surface area contributed by atoms with Crippen LogP contribution in [0.2, 0.25) is 0 Å². The molecule has 3 atom stereocenters. The molecule has 0 bridgehead atoms. The van der Waals surface area contributed by atoms with Crippen LogP contribution >= 0.6 is 0 Å². The number of fused-ring (bicyclic) bond motifs is 1. The van der Waals surface area contributed by atoms with Crippen LogP contribution in [-0.4, -0.2) is 58.5 Å². The molecule has 0 aliphatic heterocycles. The van der Waals surface area contributed by atoms with Crippen molar-refractivity contribution in [3.05, 3.63) is 36.0 Å². The molecule has 35 heavy (non-hydrogen) atoms. The van der Waals surface area contributed by atoms with Gasteiger partial charge in [0.25, 0.3) is 0 Å². The Morgan fingerprint density at radius 3 is 2.17 bits per heavy atom. The molecule has 10 heteroatoms. The molecule has 1 aromatic heterocycles. The molecule has 0 spiro atoms. The van der Waals surface area contributed by atoms with Gasteiger partial charge in [0.1, 0.15) is 18.6 Å². The molecule has 0 saturated heterocycles. The van der Waals surface area contributed by atoms with Crippen LogP contribution < -0.4 is 21.7 Å². The fraction of sp³-hybridized carbons (Fsp3) is 0.520. The molecule has 0 aliphatic rings. The minimum atomic E-state index is -1.19. The number of carbonyl (C=O) groups excluding carboxylic acids is 3. The maximum atomic E-state index is 13.2. The quantitative estimate of drug-likeness (QED) is 0.249. The van der Waals surface area contributed by atoms with Crippen molar-refractivity contribution in [3.8, 4) is 0 Å². The molecule has 7 N–H and O–H groups in total. The number of amides is 3. The van der Waals surface area contributed by atoms with E-state index in [9.17, 15) is 19.2 Å². The molecule has 3 amide bonds. The van der Waals surface area contributed by atoms with Crippen LogP contribution in [0.15, 0.2) is 30.5 Å². The molecule has 3 unspecified atom stereocenters. The van der Waals surface area contributed by atoms with Crippen LogP contribution in [0.3, 0.4) is 0 Å². The summed E-state index contributed by atoms with van der Waals surface area (Å²) in [4.78, 5) is 52.8. The highest BCUT2D eigenvalue weighted by molar-refractivity contribution is 5.94. The van der Waals surface area contributed by atoms with Crippen LogP contribution in [0, 0.1) is 11.8 Å². The zero-order chi connectivity index (χ0) is 26.1. The Balaban J connectivity index is 2.23. The summed E-state index contributed by atoms with van der Waals surface area (Å²) in [5.74, 6) is -2.48. The molecule has 1 heterocycles. The first-order valence-electron chi connectivity index (χ1n) is 11.9. The van der Waals surface area contributed by atoms with Crippen molar-refractivity contribution < 1.29 is 24.3 Å². The highest BCUT2D eigenvalue weighted by Gasteiger charge is 2.29. The average molecular weight is 488 g/mol. The van der Waals surface area contributed by atoms with Gasteiger partial charge in [-0.3, -0.25) is 19.2 Å². The van der Waals surface area contributed by atoms with Crippen molar-refractivity contribution in [2.75, 3.05) is 6.54 Å². The topological polar surface area (TPSA) is 166 Å². The van der Waals surface area contributed by atoms with Crippen LogP contribution in [0.5, 0.6) is 0 Å². The Bertz CT molecular complexity index is 1030. The smallest absolute Gasteiger partial charge is 0.322 e. The number of carboxylic acid groups (broad SMARTS) is 1. The van der Waals surface area contributed by atoms with E-state index >= 15 is 0 Å². The molecule has 192 valence electrons. The maximum absolute atomic E-state index is 13.2. The number of hydrogen-bond acceptors (Lipinski definition) is 5. The molecule has 0 fully saturated rings. The zero-order valence-corrected chi connectivity index (χ0v) is 20.8. The summed E-state index contributed by atoms with van der Waals surface area (Å²) in [6, 6.07) is 4.85. The van der Waals surface area contributed by atoms with Gasteiger partial charge in [-0.25, -0.2) is 0 Å². The monoisotopic (exact) mass is 487 g/mol. The Morgan fingerprint density at radius 2 is 1.54 bits per heavy atom. The SMILES string of the molecule is CC(C)CC(N)C(=O)NC(CC(C)C)C(=O)NC(Cc1c[nH]c2ccccc12)C(=O)NCC(=O)O. The van der Waals surface area contributed by atoms with E-state index in [0.717, 1.165) is 16.5 Å². The van der Waals surface area contributed by atoms with Gasteiger partial charge < -0.3 is 31.8 Å². The molecule has 2 aromatic rings. The minimum absolute atomic E-state index is 0.0836. The fourth-order valence-electron chi connectivity index (χ4n) is 3.88. The predicted molar refractivity (Wildman–Crippen MR) is 133 cm³/mol. The number of nitrogens with two attached hydrogens (primary N) is 1. The zero-order valence-electron chi connectivity index (χ0n) is 20.8. The summed E-state index contributed by atoms with van der Waals surface area (Å²) in [7, 11) is 0. The van der Waals surface area contributed by atoms with Crippen molar-refractivity contribution in [1.82, 2.24) is 20.9 Å². The third kappa shape index (κ3) is 8.71. The molecule has 1 aromatic carbocycles. The number of carbonyl (C=O) groups is 4. The molecule has 0 radical (unpaired) electrons. The summed E-state index contributed by atoms with van der Waals surface area (Å²) in [5.41, 5.74) is 7.66. The van der Waals surface area contributed by atoms with Gasteiger partial charge in [-0.15, -0.1) is 0 Å². The van der Waals surface area contributed by atoms with E-state index in [2.05, 4.69) is 20.9 Å². The van der Waals surface area contributed by atoms with Gasteiger partial charge in [0.2, 0.25) is 17.7 Å². The summed E-state index contributed by atoms with van der Waals surface area (Å²) >= 11 is 0. The van der Waals surface area contributed by atoms with E-state index in [4.69, 9.17) is 10.8 Å². The lowest BCUT2D eigenvalue weighted by Gasteiger charge is -2.25. The second kappa shape index (κ2) is 12.9. The highest BCUT2D eigenvalue weighted by atomic mass is 16.4. The normalized spacial score (nSPS) is 13.9. The number of hydrogen-bond donors (Lipinski definition) is 6. The van der Waals surface area contributed by atoms with Gasteiger partial charge in [-0.2, -0.15) is 0 Å². The van der Waals surface area contributed by atoms with E-state index in [1.54, 1.807) is 6.20 Å². The van der Waals surface area contributed by atoms with Crippen molar-refractivity contribution in [2.24, 2.45) is 17.6 Å². The fourth-order valence-corrected chi connectivity index (χ4v) is 3.88. The van der Waals surface area contributed by atoms with Crippen LogP contribution in [0.25, 0.3) is 10.9 Å². The van der Waals surface area contributed by atoms with E-state index in [-0.39, 0.29) is 18.3 Å². The Hall–Kier alpha value is -3.40. The number of aromatic amines is 1. The van der Waals surface area contributed by atoms with Gasteiger partial charge in [-0.05, 0) is 36.3 Å². The van der Waals surface area contributed by atoms with Crippen LogP contribution in [0.1, 0.15) is 46.1 Å². The number of nitrogens with one attached hydrogen (secondary N) is 4. The lowest BCUT2D eigenvalue weighted by molar-refractivity contribution is -0.138. The number of aliphatic carboxylic acids is 1. The third-order valence-corrected chi connectivity index (χ3v) is 5.55. The Morgan fingerprint density at radius 1 is 0.914 bits per heavy atom. The lowest BCUT2D eigenvalue weighted by Crippen LogP contribution is -2.56. The minimum Gasteiger partial charge on any atom is -0.480 e. The first-order chi connectivity index (χ1) is 16.5. The Kier molecular flexibility index (Phi) is 10.3. The summed E-state index contributed by atoms with van der Waals surface area (Å²) in [6.45, 7) is 7.18. The number of para-hydroxylation sites is 1. The summed E-state index contributed by atoms with van der Waals surface area (Å²) < 4.78 is 0. The highest BCUT2D eigenvalue weighted by Crippen LogP contribution is 2.19. The molecule has 10 nitrogen and oxygen atoms in total. The van der Waals surface area contributed by atoms with Gasteiger partial charge >= 0.3 is 5.97 Å². The first-order valence-corrected chi connectivity index (χ1v) is 11.9. The van der Waals surface area contributed by atoms with Crippen LogP contribution in [-0.2, 0) is 25.6 Å². The van der Waals surface area contributed by atoms with Gasteiger partial charge in [-0.1, -0.05) is 45.9 Å². The molecular formula is C25H37N5O5. The van der Waals surface area contributed by atoms with Crippen molar-refractivity contribution in [1.29, 1.82) is 0 Å². The number of aromatic nitrogens is 1. The average Bonchev–Trinajstić information content (AvgIpc) is 3.18. The largest absolute Gasteiger partial charge is 0.480 e. The number of H-pyrrole nitrogens is 1. The molecule has 0 saturated carbocycles.